The summed E-state index contributed by atoms with van der Waals surface area (Å²) >= 11 is 0. The fraction of sp³-hybridized carbons (Fsp3) is 0.579. The normalized spacial score (nSPS) is 22.7. The third-order valence-corrected chi connectivity index (χ3v) is 5.08. The molecule has 8 heteroatoms. The molecule has 0 saturated carbocycles. The lowest BCUT2D eigenvalue weighted by molar-refractivity contribution is -0.123. The zero-order valence-corrected chi connectivity index (χ0v) is 15.1. The Labute approximate surface area is 157 Å². The van der Waals surface area contributed by atoms with E-state index in [9.17, 15) is 18.4 Å². The van der Waals surface area contributed by atoms with Gasteiger partial charge in [-0.2, -0.15) is 8.78 Å². The number of rotatable bonds is 6. The Morgan fingerprint density at radius 2 is 2.07 bits per heavy atom. The summed E-state index contributed by atoms with van der Waals surface area (Å²) in [6.45, 7) is -0.552. The van der Waals surface area contributed by atoms with Crippen molar-refractivity contribution < 1.29 is 23.1 Å². The quantitative estimate of drug-likeness (QED) is 0.791. The van der Waals surface area contributed by atoms with Gasteiger partial charge in [0.1, 0.15) is 5.75 Å². The number of carbonyl (C=O) groups excluding carboxylic acids is 2. The molecule has 0 aliphatic carbocycles. The van der Waals surface area contributed by atoms with Gasteiger partial charge in [0.2, 0.25) is 5.91 Å². The van der Waals surface area contributed by atoms with Crippen LogP contribution in [-0.2, 0) is 4.79 Å². The maximum Gasteiger partial charge on any atom is 0.387 e. The minimum absolute atomic E-state index is 0.00614. The zero-order valence-electron chi connectivity index (χ0n) is 15.1. The van der Waals surface area contributed by atoms with E-state index in [0.29, 0.717) is 19.6 Å². The first kappa shape index (κ1) is 19.5. The highest BCUT2D eigenvalue weighted by Gasteiger charge is 2.28. The Kier molecular flexibility index (Phi) is 6.60. The minimum Gasteiger partial charge on any atom is -0.434 e. The number of nitrogens with one attached hydrogen (secondary N) is 2. The average molecular weight is 381 g/mol. The van der Waals surface area contributed by atoms with E-state index < -0.39 is 6.61 Å². The minimum atomic E-state index is -2.98. The predicted octanol–water partition coefficient (Wildman–Crippen LogP) is 2.01. The highest BCUT2D eigenvalue weighted by atomic mass is 19.3. The van der Waals surface area contributed by atoms with Crippen molar-refractivity contribution in [3.63, 3.8) is 0 Å². The summed E-state index contributed by atoms with van der Waals surface area (Å²) in [6, 6.07) is 5.93. The molecule has 3 rings (SSSR count). The molecule has 1 aromatic rings. The molecule has 27 heavy (non-hydrogen) atoms. The van der Waals surface area contributed by atoms with Crippen LogP contribution in [0.2, 0.25) is 0 Å². The van der Waals surface area contributed by atoms with Gasteiger partial charge in [-0.15, -0.1) is 0 Å². The van der Waals surface area contributed by atoms with E-state index in [1.54, 1.807) is 17.0 Å². The molecule has 0 bridgehead atoms. The Hall–Kier alpha value is -2.22. The molecule has 148 valence electrons. The van der Waals surface area contributed by atoms with Crippen LogP contribution in [0.1, 0.15) is 36.0 Å². The van der Waals surface area contributed by atoms with Crippen LogP contribution in [0.3, 0.4) is 0 Å². The van der Waals surface area contributed by atoms with E-state index in [1.165, 1.54) is 12.1 Å². The zero-order chi connectivity index (χ0) is 19.2. The average Bonchev–Trinajstić information content (AvgIpc) is 3.21. The first-order chi connectivity index (χ1) is 13.0. The van der Waals surface area contributed by atoms with E-state index in [2.05, 4.69) is 15.4 Å². The molecule has 2 heterocycles. The Morgan fingerprint density at radius 1 is 1.26 bits per heavy atom. The standard InChI is InChI=1S/C19H25F2N3O3/c20-19(21)27-16-8-2-1-6-14(16)18(26)24-10-4-5-13(12-24)11-23-17(25)15-7-3-9-22-15/h1-2,6,8,13,15,19,22H,3-5,7,9-12H2,(H,23,25). The lowest BCUT2D eigenvalue weighted by Crippen LogP contribution is -2.46. The molecule has 2 aliphatic rings. The number of benzene rings is 1. The summed E-state index contributed by atoms with van der Waals surface area (Å²) < 4.78 is 29.6. The Bertz CT molecular complexity index is 665. The number of halogens is 2. The number of amides is 2. The molecule has 2 aliphatic heterocycles. The fourth-order valence-corrected chi connectivity index (χ4v) is 3.71. The third kappa shape index (κ3) is 5.15. The van der Waals surface area contributed by atoms with Gasteiger partial charge in [0.25, 0.3) is 5.91 Å². The Morgan fingerprint density at radius 3 is 2.81 bits per heavy atom. The highest BCUT2D eigenvalue weighted by molar-refractivity contribution is 5.97. The van der Waals surface area contributed by atoms with Crippen molar-refractivity contribution in [2.45, 2.75) is 38.3 Å². The van der Waals surface area contributed by atoms with Crippen LogP contribution >= 0.6 is 0 Å². The molecule has 2 unspecified atom stereocenters. The van der Waals surface area contributed by atoms with Crippen molar-refractivity contribution in [3.8, 4) is 5.75 Å². The molecule has 2 N–H and O–H groups in total. The SMILES string of the molecule is O=C(NCC1CCCN(C(=O)c2ccccc2OC(F)F)C1)C1CCCN1. The summed E-state index contributed by atoms with van der Waals surface area (Å²) in [5.41, 5.74) is 0.137. The molecule has 2 amide bonds. The topological polar surface area (TPSA) is 70.7 Å². The van der Waals surface area contributed by atoms with Crippen molar-refractivity contribution in [2.75, 3.05) is 26.2 Å². The summed E-state index contributed by atoms with van der Waals surface area (Å²) in [7, 11) is 0. The number of carbonyl (C=O) groups is 2. The van der Waals surface area contributed by atoms with Gasteiger partial charge in [-0.1, -0.05) is 12.1 Å². The molecular formula is C19H25F2N3O3. The Balaban J connectivity index is 1.57. The summed E-state index contributed by atoms with van der Waals surface area (Å²) in [4.78, 5) is 26.6. The number of hydrogen-bond donors (Lipinski definition) is 2. The molecule has 2 fully saturated rings. The van der Waals surface area contributed by atoms with Gasteiger partial charge < -0.3 is 20.3 Å². The summed E-state index contributed by atoms with van der Waals surface area (Å²) in [5.74, 6) is -0.275. The van der Waals surface area contributed by atoms with Gasteiger partial charge in [-0.05, 0) is 50.3 Å². The van der Waals surface area contributed by atoms with Crippen LogP contribution in [0.25, 0.3) is 0 Å². The smallest absolute Gasteiger partial charge is 0.387 e. The van der Waals surface area contributed by atoms with Crippen LogP contribution in [-0.4, -0.2) is 55.5 Å². The van der Waals surface area contributed by atoms with Gasteiger partial charge in [-0.3, -0.25) is 9.59 Å². The van der Waals surface area contributed by atoms with E-state index in [0.717, 1.165) is 32.2 Å². The second-order valence-corrected chi connectivity index (χ2v) is 7.03. The monoisotopic (exact) mass is 381 g/mol. The van der Waals surface area contributed by atoms with Gasteiger partial charge in [0, 0.05) is 19.6 Å². The molecule has 0 spiro atoms. The van der Waals surface area contributed by atoms with Crippen LogP contribution < -0.4 is 15.4 Å². The maximum absolute atomic E-state index is 12.8. The lowest BCUT2D eigenvalue weighted by atomic mass is 9.97. The van der Waals surface area contributed by atoms with Crippen molar-refractivity contribution in [1.82, 2.24) is 15.5 Å². The van der Waals surface area contributed by atoms with Gasteiger partial charge in [-0.25, -0.2) is 0 Å². The molecule has 2 atom stereocenters. The lowest BCUT2D eigenvalue weighted by Gasteiger charge is -2.33. The van der Waals surface area contributed by atoms with Crippen LogP contribution in [0.4, 0.5) is 8.78 Å². The van der Waals surface area contributed by atoms with E-state index in [-0.39, 0.29) is 35.1 Å². The molecule has 2 saturated heterocycles. The molecule has 0 aromatic heterocycles. The van der Waals surface area contributed by atoms with Crippen LogP contribution in [0.15, 0.2) is 24.3 Å². The number of ether oxygens (including phenoxy) is 1. The first-order valence-corrected chi connectivity index (χ1v) is 9.39. The number of alkyl halides is 2. The van der Waals surface area contributed by atoms with Gasteiger partial charge >= 0.3 is 6.61 Å². The number of likely N-dealkylation sites (tertiary alicyclic amines) is 1. The van der Waals surface area contributed by atoms with E-state index >= 15 is 0 Å². The number of hydrogen-bond acceptors (Lipinski definition) is 4. The summed E-state index contributed by atoms with van der Waals surface area (Å²) in [5, 5.41) is 6.13. The van der Waals surface area contributed by atoms with Crippen LogP contribution in [0, 0.1) is 5.92 Å². The van der Waals surface area contributed by atoms with Crippen molar-refractivity contribution in [2.24, 2.45) is 5.92 Å². The largest absolute Gasteiger partial charge is 0.434 e. The van der Waals surface area contributed by atoms with E-state index in [1.807, 2.05) is 0 Å². The van der Waals surface area contributed by atoms with Gasteiger partial charge in [0.05, 0.1) is 11.6 Å². The van der Waals surface area contributed by atoms with Crippen molar-refractivity contribution in [1.29, 1.82) is 0 Å². The highest BCUT2D eigenvalue weighted by Crippen LogP contribution is 2.25. The molecule has 1 aromatic carbocycles. The second-order valence-electron chi connectivity index (χ2n) is 7.03. The number of piperidine rings is 1. The maximum atomic E-state index is 12.8. The van der Waals surface area contributed by atoms with Crippen molar-refractivity contribution >= 4 is 11.8 Å². The number of nitrogens with zero attached hydrogens (tertiary/aromatic N) is 1. The molecule has 0 radical (unpaired) electrons. The molecule has 6 nitrogen and oxygen atoms in total. The first-order valence-electron chi connectivity index (χ1n) is 9.39. The van der Waals surface area contributed by atoms with Crippen LogP contribution in [0.5, 0.6) is 5.75 Å². The summed E-state index contributed by atoms with van der Waals surface area (Å²) in [6.07, 6.45) is 3.58. The third-order valence-electron chi connectivity index (χ3n) is 5.08. The van der Waals surface area contributed by atoms with Crippen molar-refractivity contribution in [3.05, 3.63) is 29.8 Å². The molecular weight excluding hydrogens is 356 g/mol. The number of para-hydroxylation sites is 1. The van der Waals surface area contributed by atoms with E-state index in [4.69, 9.17) is 0 Å². The fourth-order valence-electron chi connectivity index (χ4n) is 3.71. The second kappa shape index (κ2) is 9.12. The van der Waals surface area contributed by atoms with Gasteiger partial charge in [0.15, 0.2) is 0 Å². The predicted molar refractivity (Wildman–Crippen MR) is 95.7 cm³/mol.